The van der Waals surface area contributed by atoms with E-state index in [4.69, 9.17) is 16.3 Å². The van der Waals surface area contributed by atoms with E-state index in [9.17, 15) is 9.90 Å². The maximum Gasteiger partial charge on any atom is 0.226 e. The SMILES string of the molecule is COc1cc([C@H]2CC(=O)Nc3c2cnn3-c2cccc(Cl)c2)ccc1O. The summed E-state index contributed by atoms with van der Waals surface area (Å²) in [5.41, 5.74) is 2.54. The number of nitrogens with one attached hydrogen (secondary N) is 1. The number of nitrogens with zero attached hydrogens (tertiary/aromatic N) is 2. The van der Waals surface area contributed by atoms with Gasteiger partial charge in [-0.3, -0.25) is 4.79 Å². The number of aromatic nitrogens is 2. The van der Waals surface area contributed by atoms with Crippen molar-refractivity contribution in [3.05, 3.63) is 64.8 Å². The highest BCUT2D eigenvalue weighted by atomic mass is 35.5. The van der Waals surface area contributed by atoms with Crippen molar-refractivity contribution < 1.29 is 14.6 Å². The van der Waals surface area contributed by atoms with E-state index in [1.54, 1.807) is 41.2 Å². The monoisotopic (exact) mass is 369 g/mol. The molecule has 2 heterocycles. The third-order valence-corrected chi connectivity index (χ3v) is 4.71. The Bertz CT molecular complexity index is 999. The summed E-state index contributed by atoms with van der Waals surface area (Å²) in [6.07, 6.45) is 2.04. The molecule has 0 aliphatic carbocycles. The summed E-state index contributed by atoms with van der Waals surface area (Å²) in [4.78, 5) is 12.3. The van der Waals surface area contributed by atoms with Crippen molar-refractivity contribution in [1.29, 1.82) is 0 Å². The fourth-order valence-corrected chi connectivity index (χ4v) is 3.42. The maximum absolute atomic E-state index is 12.3. The number of methoxy groups -OCH3 is 1. The Morgan fingerprint density at radius 1 is 1.31 bits per heavy atom. The lowest BCUT2D eigenvalue weighted by molar-refractivity contribution is -0.116. The van der Waals surface area contributed by atoms with Gasteiger partial charge in [0.2, 0.25) is 5.91 Å². The van der Waals surface area contributed by atoms with Crippen molar-refractivity contribution in [1.82, 2.24) is 9.78 Å². The molecule has 1 amide bonds. The average molecular weight is 370 g/mol. The van der Waals surface area contributed by atoms with Crippen molar-refractivity contribution in [2.24, 2.45) is 0 Å². The molecule has 1 atom stereocenters. The number of aromatic hydroxyl groups is 1. The number of fused-ring (bicyclic) bond motifs is 1. The number of rotatable bonds is 3. The van der Waals surface area contributed by atoms with Gasteiger partial charge >= 0.3 is 0 Å². The first kappa shape index (κ1) is 16.5. The molecule has 132 valence electrons. The molecule has 1 aliphatic rings. The molecule has 26 heavy (non-hydrogen) atoms. The van der Waals surface area contributed by atoms with E-state index >= 15 is 0 Å². The molecule has 7 heteroatoms. The largest absolute Gasteiger partial charge is 0.504 e. The molecule has 0 saturated carbocycles. The van der Waals surface area contributed by atoms with Crippen LogP contribution in [0.25, 0.3) is 5.69 Å². The third kappa shape index (κ3) is 2.78. The Balaban J connectivity index is 1.81. The number of ether oxygens (including phenoxy) is 1. The summed E-state index contributed by atoms with van der Waals surface area (Å²) < 4.78 is 6.86. The zero-order chi connectivity index (χ0) is 18.3. The van der Waals surface area contributed by atoms with Gasteiger partial charge in [0, 0.05) is 22.9 Å². The zero-order valence-corrected chi connectivity index (χ0v) is 14.7. The van der Waals surface area contributed by atoms with Crippen LogP contribution in [0.3, 0.4) is 0 Å². The molecule has 3 aromatic rings. The standard InChI is InChI=1S/C19H16ClN3O3/c1-26-17-7-11(5-6-16(17)24)14-9-18(25)22-19-15(14)10-21-23(19)13-4-2-3-12(20)8-13/h2-8,10,14,24H,9H2,1H3,(H,22,25)/t14-/m1/s1. The quantitative estimate of drug-likeness (QED) is 0.737. The molecular weight excluding hydrogens is 354 g/mol. The number of amides is 1. The number of benzene rings is 2. The van der Waals surface area contributed by atoms with E-state index in [0.29, 0.717) is 23.0 Å². The van der Waals surface area contributed by atoms with Gasteiger partial charge in [-0.1, -0.05) is 23.7 Å². The second-order valence-corrected chi connectivity index (χ2v) is 6.51. The lowest BCUT2D eigenvalue weighted by atomic mass is 9.87. The second kappa shape index (κ2) is 6.38. The number of hydrogen-bond acceptors (Lipinski definition) is 4. The molecule has 0 saturated heterocycles. The Morgan fingerprint density at radius 3 is 2.92 bits per heavy atom. The minimum Gasteiger partial charge on any atom is -0.504 e. The predicted octanol–water partition coefficient (Wildman–Crippen LogP) is 3.71. The molecule has 0 fully saturated rings. The minimum absolute atomic E-state index is 0.0614. The first-order valence-electron chi connectivity index (χ1n) is 8.07. The van der Waals surface area contributed by atoms with Gasteiger partial charge in [0.1, 0.15) is 5.82 Å². The number of phenols is 1. The van der Waals surface area contributed by atoms with Crippen LogP contribution >= 0.6 is 11.6 Å². The van der Waals surface area contributed by atoms with Crippen molar-refractivity contribution in [3.63, 3.8) is 0 Å². The fourth-order valence-electron chi connectivity index (χ4n) is 3.23. The third-order valence-electron chi connectivity index (χ3n) is 4.48. The summed E-state index contributed by atoms with van der Waals surface area (Å²) >= 11 is 6.08. The van der Waals surface area contributed by atoms with Gasteiger partial charge in [-0.25, -0.2) is 4.68 Å². The molecule has 2 N–H and O–H groups in total. The first-order valence-corrected chi connectivity index (χ1v) is 8.45. The van der Waals surface area contributed by atoms with E-state index in [1.807, 2.05) is 12.1 Å². The van der Waals surface area contributed by atoms with Gasteiger partial charge in [0.15, 0.2) is 11.5 Å². The fraction of sp³-hybridized carbons (Fsp3) is 0.158. The smallest absolute Gasteiger partial charge is 0.226 e. The van der Waals surface area contributed by atoms with E-state index in [1.165, 1.54) is 7.11 Å². The van der Waals surface area contributed by atoms with Crippen LogP contribution in [0, 0.1) is 0 Å². The number of hydrogen-bond donors (Lipinski definition) is 2. The van der Waals surface area contributed by atoms with Gasteiger partial charge in [0.25, 0.3) is 0 Å². The van der Waals surface area contributed by atoms with Crippen LogP contribution in [-0.4, -0.2) is 27.9 Å². The number of phenolic OH excluding ortho intramolecular Hbond substituents is 1. The van der Waals surface area contributed by atoms with Gasteiger partial charge in [-0.05, 0) is 35.9 Å². The van der Waals surface area contributed by atoms with E-state index < -0.39 is 0 Å². The average Bonchev–Trinajstić information content (AvgIpc) is 3.05. The number of carbonyl (C=O) groups is 1. The Hall–Kier alpha value is -2.99. The zero-order valence-electron chi connectivity index (χ0n) is 13.9. The van der Waals surface area contributed by atoms with Crippen LogP contribution < -0.4 is 10.1 Å². The van der Waals surface area contributed by atoms with Crippen LogP contribution in [0.5, 0.6) is 11.5 Å². The maximum atomic E-state index is 12.3. The minimum atomic E-state index is -0.179. The Kier molecular flexibility index (Phi) is 4.05. The number of anilines is 1. The number of halogens is 1. The Morgan fingerprint density at radius 2 is 2.15 bits per heavy atom. The molecule has 1 aliphatic heterocycles. The normalized spacial score (nSPS) is 16.1. The van der Waals surface area contributed by atoms with E-state index in [-0.39, 0.29) is 17.6 Å². The van der Waals surface area contributed by atoms with Gasteiger partial charge in [-0.2, -0.15) is 5.10 Å². The van der Waals surface area contributed by atoms with Crippen molar-refractivity contribution in [2.45, 2.75) is 12.3 Å². The van der Waals surface area contributed by atoms with Gasteiger partial charge in [0.05, 0.1) is 19.0 Å². The molecule has 4 rings (SSSR count). The molecule has 0 unspecified atom stereocenters. The molecule has 0 bridgehead atoms. The predicted molar refractivity (Wildman–Crippen MR) is 98.3 cm³/mol. The topological polar surface area (TPSA) is 76.4 Å². The first-order chi connectivity index (χ1) is 12.6. The van der Waals surface area contributed by atoms with E-state index in [0.717, 1.165) is 16.8 Å². The molecule has 0 spiro atoms. The summed E-state index contributed by atoms with van der Waals surface area (Å²) in [5.74, 6) is 0.781. The lowest BCUT2D eigenvalue weighted by Gasteiger charge is -2.24. The Labute approximate surface area is 155 Å². The van der Waals surface area contributed by atoms with Crippen LogP contribution in [0.15, 0.2) is 48.7 Å². The summed E-state index contributed by atoms with van der Waals surface area (Å²) in [7, 11) is 1.50. The van der Waals surface area contributed by atoms with Crippen LogP contribution in [0.4, 0.5) is 5.82 Å². The van der Waals surface area contributed by atoms with Gasteiger partial charge in [-0.15, -0.1) is 0 Å². The molecule has 6 nitrogen and oxygen atoms in total. The van der Waals surface area contributed by atoms with E-state index in [2.05, 4.69) is 10.4 Å². The highest BCUT2D eigenvalue weighted by Gasteiger charge is 2.30. The highest BCUT2D eigenvalue weighted by Crippen LogP contribution is 2.40. The van der Waals surface area contributed by atoms with Crippen LogP contribution in [-0.2, 0) is 4.79 Å². The van der Waals surface area contributed by atoms with Crippen molar-refractivity contribution >= 4 is 23.3 Å². The number of carbonyl (C=O) groups excluding carboxylic acids is 1. The van der Waals surface area contributed by atoms with Crippen LogP contribution in [0.2, 0.25) is 5.02 Å². The lowest BCUT2D eigenvalue weighted by Crippen LogP contribution is -2.24. The molecule has 0 radical (unpaired) electrons. The molecular formula is C19H16ClN3O3. The van der Waals surface area contributed by atoms with Gasteiger partial charge < -0.3 is 15.2 Å². The molecule has 2 aromatic carbocycles. The second-order valence-electron chi connectivity index (χ2n) is 6.08. The highest BCUT2D eigenvalue weighted by molar-refractivity contribution is 6.30. The van der Waals surface area contributed by atoms with Crippen molar-refractivity contribution in [3.8, 4) is 17.2 Å². The summed E-state index contributed by atoms with van der Waals surface area (Å²) in [6, 6.07) is 12.4. The molecule has 1 aromatic heterocycles. The summed E-state index contributed by atoms with van der Waals surface area (Å²) in [5, 5.41) is 17.8. The summed E-state index contributed by atoms with van der Waals surface area (Å²) in [6.45, 7) is 0. The van der Waals surface area contributed by atoms with Crippen molar-refractivity contribution in [2.75, 3.05) is 12.4 Å². The van der Waals surface area contributed by atoms with Crippen LogP contribution in [0.1, 0.15) is 23.5 Å².